The molecule has 0 bridgehead atoms. The number of hydrogen-bond acceptors (Lipinski definition) is 1. The van der Waals surface area contributed by atoms with Crippen molar-refractivity contribution in [1.29, 1.82) is 0 Å². The normalized spacial score (nSPS) is 22.9. The summed E-state index contributed by atoms with van der Waals surface area (Å²) in [6.07, 6.45) is -1.86. The molecule has 0 aliphatic rings. The van der Waals surface area contributed by atoms with E-state index in [4.69, 9.17) is 0 Å². The molecule has 0 spiro atoms. The molecule has 0 saturated heterocycles. The van der Waals surface area contributed by atoms with Crippen molar-refractivity contribution in [2.75, 3.05) is 19.0 Å². The molecule has 0 fully saturated rings. The van der Waals surface area contributed by atoms with E-state index in [0.29, 0.717) is 0 Å². The average Bonchev–Trinajstić information content (AvgIpc) is 1.93. The lowest BCUT2D eigenvalue weighted by Gasteiger charge is -2.47. The summed E-state index contributed by atoms with van der Waals surface area (Å²) in [6.45, 7) is -4.03. The number of ether oxygens (including phenoxy) is 1. The van der Waals surface area contributed by atoms with Crippen LogP contribution in [0.2, 0.25) is 0 Å². The van der Waals surface area contributed by atoms with Gasteiger partial charge in [-0.1, -0.05) is 38.9 Å². The second kappa shape index (κ2) is 3.57. The van der Waals surface area contributed by atoms with Crippen molar-refractivity contribution in [2.45, 2.75) is 11.9 Å². The van der Waals surface area contributed by atoms with Gasteiger partial charge in [-0.2, -0.15) is 0 Å². The number of rotatable bonds is 7. The molecule has 0 aliphatic carbocycles. The third-order valence-corrected chi connectivity index (χ3v) is 3.93. The van der Waals surface area contributed by atoms with Gasteiger partial charge in [0.1, 0.15) is 5.75 Å². The molecule has 14 heteroatoms. The highest BCUT2D eigenvalue weighted by molar-refractivity contribution is 8.46. The Labute approximate surface area is 101 Å². The van der Waals surface area contributed by atoms with Crippen LogP contribution in [-0.4, -0.2) is 24.4 Å². The minimum atomic E-state index is -10.4. The van der Waals surface area contributed by atoms with Crippen LogP contribution in [0.1, 0.15) is 6.42 Å². The fraction of sp³-hybridized carbons (Fsp3) is 1.00. The molecule has 0 saturated carbocycles. The summed E-state index contributed by atoms with van der Waals surface area (Å²) < 4.78 is 123. The summed E-state index contributed by atoms with van der Waals surface area (Å²) in [7, 11) is -20.4. The zero-order chi connectivity index (χ0) is 15.9. The molecule has 0 aromatic rings. The quantitative estimate of drug-likeness (QED) is 0.535. The Morgan fingerprint density at radius 2 is 1.26 bits per heavy atom. The molecule has 0 heterocycles. The lowest BCUT2D eigenvalue weighted by atomic mass is 10.5. The number of halogens is 10. The number of hydrogen-bond donors (Lipinski definition) is 0. The maximum atomic E-state index is 12.2. The smallest absolute Gasteiger partial charge is 0.309 e. The van der Waals surface area contributed by atoms with Crippen molar-refractivity contribution >= 4 is 20.4 Å². The molecular weight excluding hydrogens is 346 g/mol. The van der Waals surface area contributed by atoms with Gasteiger partial charge in [0.2, 0.25) is 0 Å². The zero-order valence-corrected chi connectivity index (χ0v) is 10.5. The maximum Gasteiger partial charge on any atom is 0.309 e. The van der Waals surface area contributed by atoms with E-state index >= 15 is 0 Å². The van der Waals surface area contributed by atoms with Gasteiger partial charge in [-0.05, 0) is 0 Å². The molecular formula is C5H9F10O2S2. The first kappa shape index (κ1) is 18.9. The third-order valence-electron chi connectivity index (χ3n) is 1.62. The van der Waals surface area contributed by atoms with Crippen LogP contribution in [0.15, 0.2) is 0 Å². The molecule has 0 N–H and O–H groups in total. The minimum Gasteiger partial charge on any atom is -0.357 e. The van der Waals surface area contributed by atoms with Crippen LogP contribution in [0.5, 0.6) is 0 Å². The highest BCUT2D eigenvalue weighted by Gasteiger charge is 2.71. The lowest BCUT2D eigenvalue weighted by Crippen LogP contribution is -2.31. The van der Waals surface area contributed by atoms with Crippen molar-refractivity contribution < 1.29 is 48.7 Å². The van der Waals surface area contributed by atoms with Crippen LogP contribution in [0, 0.1) is 0 Å². The molecule has 123 valence electrons. The Balaban J connectivity index is 4.88. The molecule has 0 rings (SSSR count). The molecule has 19 heavy (non-hydrogen) atoms. The van der Waals surface area contributed by atoms with Gasteiger partial charge < -0.3 is 4.74 Å². The van der Waals surface area contributed by atoms with Gasteiger partial charge in [0.15, 0.2) is 5.44 Å². The Bertz CT molecular complexity index is 341. The fourth-order valence-electron chi connectivity index (χ4n) is 0.868. The van der Waals surface area contributed by atoms with Crippen molar-refractivity contribution in [3.63, 3.8) is 0 Å². The first-order valence-electron chi connectivity index (χ1n) is 4.29. The van der Waals surface area contributed by atoms with Gasteiger partial charge in [0.25, 0.3) is 10.2 Å². The second-order valence-corrected chi connectivity index (χ2v) is 8.90. The van der Waals surface area contributed by atoms with Gasteiger partial charge in [0, 0.05) is 6.42 Å². The maximum absolute atomic E-state index is 12.2. The van der Waals surface area contributed by atoms with Crippen LogP contribution in [0.4, 0.5) is 38.9 Å². The van der Waals surface area contributed by atoms with Crippen LogP contribution < -0.4 is 0 Å². The Kier molecular flexibility index (Phi) is 3.55. The average molecular weight is 355 g/mol. The summed E-state index contributed by atoms with van der Waals surface area (Å²) in [4.78, 5) is 0. The summed E-state index contributed by atoms with van der Waals surface area (Å²) in [6, 6.07) is 0. The predicted molar refractivity (Wildman–Crippen MR) is 51.0 cm³/mol. The van der Waals surface area contributed by atoms with Gasteiger partial charge in [-0.25, -0.2) is 5.11 Å². The molecule has 0 aromatic carbocycles. The summed E-state index contributed by atoms with van der Waals surface area (Å²) >= 11 is 0. The van der Waals surface area contributed by atoms with Crippen LogP contribution in [-0.2, 0) is 9.84 Å². The van der Waals surface area contributed by atoms with E-state index in [1.165, 1.54) is 0 Å². The van der Waals surface area contributed by atoms with E-state index in [1.54, 1.807) is 0 Å². The first-order chi connectivity index (χ1) is 7.63. The molecule has 0 aliphatic heterocycles. The molecule has 0 aromatic heterocycles. The highest BCUT2D eigenvalue weighted by atomic mass is 32.5. The Morgan fingerprint density at radius 3 is 1.53 bits per heavy atom. The molecule has 0 amide bonds. The molecule has 1 atom stereocenters. The largest absolute Gasteiger partial charge is 0.357 e. The van der Waals surface area contributed by atoms with E-state index in [2.05, 4.69) is 4.74 Å². The predicted octanol–water partition coefficient (Wildman–Crippen LogP) is 5.75. The fourth-order valence-corrected chi connectivity index (χ4v) is 2.17. The van der Waals surface area contributed by atoms with Crippen LogP contribution in [0.25, 0.3) is 0 Å². The van der Waals surface area contributed by atoms with Crippen molar-refractivity contribution in [1.82, 2.24) is 0 Å². The van der Waals surface area contributed by atoms with Crippen molar-refractivity contribution in [2.24, 2.45) is 0 Å². The lowest BCUT2D eigenvalue weighted by molar-refractivity contribution is 0.0522. The van der Waals surface area contributed by atoms with Gasteiger partial charge in [0.05, 0.1) is 13.2 Å². The summed E-state index contributed by atoms with van der Waals surface area (Å²) in [5, 5.41) is 9.90. The van der Waals surface area contributed by atoms with Gasteiger partial charge >= 0.3 is 10.2 Å². The summed E-state index contributed by atoms with van der Waals surface area (Å²) in [5.74, 6) is -3.08. The van der Waals surface area contributed by atoms with E-state index in [-0.39, 0.29) is 0 Å². The first-order valence-corrected chi connectivity index (χ1v) is 8.42. The van der Waals surface area contributed by atoms with Crippen LogP contribution >= 0.6 is 20.4 Å². The van der Waals surface area contributed by atoms with E-state index in [9.17, 15) is 44.0 Å². The standard InChI is InChI=1S/C5H9F10O2S2/c6-18(7,8,9,10)4-3-17-5(1-2-16)19(11,12,13,14)15/h5H,1-4H2. The van der Waals surface area contributed by atoms with E-state index < -0.39 is 51.3 Å². The van der Waals surface area contributed by atoms with E-state index in [0.717, 1.165) is 0 Å². The van der Waals surface area contributed by atoms with Crippen molar-refractivity contribution in [3.05, 3.63) is 0 Å². The topological polar surface area (TPSA) is 29.1 Å². The third kappa shape index (κ3) is 9.45. The molecule has 2 nitrogen and oxygen atoms in total. The van der Waals surface area contributed by atoms with E-state index in [1.807, 2.05) is 0 Å². The second-order valence-electron chi connectivity index (χ2n) is 3.65. The minimum absolute atomic E-state index is 1.72. The van der Waals surface area contributed by atoms with Crippen LogP contribution in [0.3, 0.4) is 0 Å². The highest BCUT2D eigenvalue weighted by Crippen LogP contribution is 3.01. The monoisotopic (exact) mass is 355 g/mol. The molecule has 1 radical (unpaired) electrons. The Hall–Kier alpha value is -0.0800. The summed E-state index contributed by atoms with van der Waals surface area (Å²) in [5.41, 5.74) is -4.07. The van der Waals surface area contributed by atoms with Gasteiger partial charge in [-0.3, -0.25) is 0 Å². The Morgan fingerprint density at radius 1 is 0.842 bits per heavy atom. The van der Waals surface area contributed by atoms with Crippen molar-refractivity contribution in [3.8, 4) is 0 Å². The van der Waals surface area contributed by atoms with Gasteiger partial charge in [-0.15, -0.1) is 0 Å². The SMILES string of the molecule is [O]CCC(OCCS(F)(F)(F)(F)F)S(F)(F)(F)(F)F. The zero-order valence-electron chi connectivity index (χ0n) is 8.82. The molecule has 1 unspecified atom stereocenters.